The number of benzene rings is 1. The Labute approximate surface area is 108 Å². The van der Waals surface area contributed by atoms with Crippen molar-refractivity contribution >= 4 is 35.0 Å². The number of aromatic nitrogens is 3. The van der Waals surface area contributed by atoms with Crippen LogP contribution in [0.4, 0.5) is 0 Å². The highest BCUT2D eigenvalue weighted by atomic mass is 35.5. The SMILES string of the molecule is ClCc1n[nH]c(CSc2cccc(Cl)c2)n1. The van der Waals surface area contributed by atoms with Crippen LogP contribution in [0, 0.1) is 0 Å². The molecule has 1 aromatic carbocycles. The number of hydrogen-bond acceptors (Lipinski definition) is 3. The molecule has 0 amide bonds. The third-order valence-corrected chi connectivity index (χ3v) is 3.35. The molecule has 0 saturated carbocycles. The van der Waals surface area contributed by atoms with Crippen LogP contribution in [0.15, 0.2) is 29.2 Å². The van der Waals surface area contributed by atoms with E-state index in [0.29, 0.717) is 11.7 Å². The highest BCUT2D eigenvalue weighted by molar-refractivity contribution is 7.98. The molecule has 0 aliphatic heterocycles. The minimum atomic E-state index is 0.332. The first-order valence-electron chi connectivity index (χ1n) is 4.62. The Hall–Kier alpha value is -0.710. The van der Waals surface area contributed by atoms with Gasteiger partial charge in [-0.3, -0.25) is 5.10 Å². The minimum Gasteiger partial charge on any atom is -0.262 e. The number of nitrogens with one attached hydrogen (secondary N) is 1. The summed E-state index contributed by atoms with van der Waals surface area (Å²) in [4.78, 5) is 5.32. The van der Waals surface area contributed by atoms with Crippen LogP contribution >= 0.6 is 35.0 Å². The van der Waals surface area contributed by atoms with Gasteiger partial charge in [-0.2, -0.15) is 5.10 Å². The molecule has 0 spiro atoms. The maximum Gasteiger partial charge on any atom is 0.165 e. The number of aromatic amines is 1. The van der Waals surface area contributed by atoms with E-state index < -0.39 is 0 Å². The van der Waals surface area contributed by atoms with Gasteiger partial charge in [0.1, 0.15) is 5.82 Å². The zero-order valence-corrected chi connectivity index (χ0v) is 10.6. The fourth-order valence-electron chi connectivity index (χ4n) is 1.17. The highest BCUT2D eigenvalue weighted by Crippen LogP contribution is 2.23. The largest absolute Gasteiger partial charge is 0.262 e. The first-order chi connectivity index (χ1) is 7.78. The molecular weight excluding hydrogens is 265 g/mol. The summed E-state index contributed by atoms with van der Waals surface area (Å²) >= 11 is 13.1. The Morgan fingerprint density at radius 3 is 2.94 bits per heavy atom. The normalized spacial score (nSPS) is 10.6. The van der Waals surface area contributed by atoms with Crippen LogP contribution in [-0.4, -0.2) is 15.2 Å². The standard InChI is InChI=1S/C10H9Cl2N3S/c11-5-9-13-10(15-14-9)6-16-8-3-1-2-7(12)4-8/h1-4H,5-6H2,(H,13,14,15). The Kier molecular flexibility index (Phi) is 4.09. The summed E-state index contributed by atoms with van der Waals surface area (Å²) in [5, 5.41) is 7.54. The molecular formula is C10H9Cl2N3S. The van der Waals surface area contributed by atoms with E-state index in [4.69, 9.17) is 23.2 Å². The average Bonchev–Trinajstić information content (AvgIpc) is 2.74. The number of hydrogen-bond donors (Lipinski definition) is 1. The summed E-state index contributed by atoms with van der Waals surface area (Å²) in [6.07, 6.45) is 0. The predicted octanol–water partition coefficient (Wildman–Crippen LogP) is 3.49. The lowest BCUT2D eigenvalue weighted by Gasteiger charge is -1.99. The summed E-state index contributed by atoms with van der Waals surface area (Å²) in [5.41, 5.74) is 0. The van der Waals surface area contributed by atoms with Crippen molar-refractivity contribution in [3.8, 4) is 0 Å². The van der Waals surface area contributed by atoms with Crippen molar-refractivity contribution in [2.45, 2.75) is 16.5 Å². The lowest BCUT2D eigenvalue weighted by atomic mass is 10.4. The lowest BCUT2D eigenvalue weighted by Crippen LogP contribution is -1.84. The zero-order chi connectivity index (χ0) is 11.4. The summed E-state index contributed by atoms with van der Waals surface area (Å²) in [6, 6.07) is 7.71. The van der Waals surface area contributed by atoms with Gasteiger partial charge in [-0.1, -0.05) is 17.7 Å². The van der Waals surface area contributed by atoms with Crippen LogP contribution in [0.25, 0.3) is 0 Å². The molecule has 6 heteroatoms. The first kappa shape index (κ1) is 11.8. The van der Waals surface area contributed by atoms with Crippen LogP contribution in [0.3, 0.4) is 0 Å². The van der Waals surface area contributed by atoms with Crippen molar-refractivity contribution in [3.63, 3.8) is 0 Å². The average molecular weight is 274 g/mol. The molecule has 0 unspecified atom stereocenters. The van der Waals surface area contributed by atoms with E-state index in [1.165, 1.54) is 0 Å². The summed E-state index contributed by atoms with van der Waals surface area (Å²) in [6.45, 7) is 0. The van der Waals surface area contributed by atoms with Gasteiger partial charge in [0.05, 0.1) is 11.6 Å². The van der Waals surface area contributed by atoms with Crippen molar-refractivity contribution in [2.24, 2.45) is 0 Å². The fourth-order valence-corrected chi connectivity index (χ4v) is 2.36. The molecule has 0 fully saturated rings. The quantitative estimate of drug-likeness (QED) is 0.685. The lowest BCUT2D eigenvalue weighted by molar-refractivity contribution is 1.00. The molecule has 1 aromatic heterocycles. The van der Waals surface area contributed by atoms with Crippen LogP contribution in [-0.2, 0) is 11.6 Å². The van der Waals surface area contributed by atoms with Gasteiger partial charge in [0.2, 0.25) is 0 Å². The maximum atomic E-state index is 5.89. The van der Waals surface area contributed by atoms with Crippen LogP contribution in [0.1, 0.15) is 11.6 Å². The van der Waals surface area contributed by atoms with E-state index in [9.17, 15) is 0 Å². The van der Waals surface area contributed by atoms with Crippen molar-refractivity contribution in [2.75, 3.05) is 0 Å². The van der Waals surface area contributed by atoms with Crippen LogP contribution in [0.2, 0.25) is 5.02 Å². The van der Waals surface area contributed by atoms with Gasteiger partial charge in [-0.25, -0.2) is 4.98 Å². The third kappa shape index (κ3) is 3.14. The minimum absolute atomic E-state index is 0.332. The van der Waals surface area contributed by atoms with Crippen LogP contribution < -0.4 is 0 Å². The second kappa shape index (κ2) is 5.57. The molecule has 1 N–H and O–H groups in total. The number of H-pyrrole nitrogens is 1. The molecule has 3 nitrogen and oxygen atoms in total. The molecule has 0 aliphatic rings. The van der Waals surface area contributed by atoms with Gasteiger partial charge in [0, 0.05) is 9.92 Å². The molecule has 0 radical (unpaired) electrons. The van der Waals surface area contributed by atoms with Gasteiger partial charge in [-0.05, 0) is 18.2 Å². The highest BCUT2D eigenvalue weighted by Gasteiger charge is 2.02. The molecule has 0 aliphatic carbocycles. The smallest absolute Gasteiger partial charge is 0.165 e. The first-order valence-corrected chi connectivity index (χ1v) is 6.52. The molecule has 0 bridgehead atoms. The van der Waals surface area contributed by atoms with Crippen molar-refractivity contribution in [3.05, 3.63) is 40.9 Å². The van der Waals surface area contributed by atoms with Crippen molar-refractivity contribution in [1.82, 2.24) is 15.2 Å². The molecule has 16 heavy (non-hydrogen) atoms. The Bertz CT molecular complexity index is 473. The second-order valence-corrected chi connectivity index (χ2v) is 4.83. The topological polar surface area (TPSA) is 41.6 Å². The van der Waals surface area contributed by atoms with Gasteiger partial charge >= 0.3 is 0 Å². The number of thioether (sulfide) groups is 1. The van der Waals surface area contributed by atoms with E-state index in [1.54, 1.807) is 11.8 Å². The van der Waals surface area contributed by atoms with Crippen LogP contribution in [0.5, 0.6) is 0 Å². The molecule has 84 valence electrons. The Morgan fingerprint density at radius 2 is 2.25 bits per heavy atom. The molecule has 0 saturated heterocycles. The van der Waals surface area contributed by atoms with E-state index in [-0.39, 0.29) is 0 Å². The van der Waals surface area contributed by atoms with E-state index in [2.05, 4.69) is 15.2 Å². The van der Waals surface area contributed by atoms with E-state index in [1.807, 2.05) is 24.3 Å². The van der Waals surface area contributed by atoms with Crippen molar-refractivity contribution < 1.29 is 0 Å². The van der Waals surface area contributed by atoms with Gasteiger partial charge in [-0.15, -0.1) is 23.4 Å². The monoisotopic (exact) mass is 273 g/mol. The number of rotatable bonds is 4. The molecule has 1 heterocycles. The van der Waals surface area contributed by atoms with Crippen molar-refractivity contribution in [1.29, 1.82) is 0 Å². The Balaban J connectivity index is 1.96. The molecule has 0 atom stereocenters. The fraction of sp³-hybridized carbons (Fsp3) is 0.200. The summed E-state index contributed by atoms with van der Waals surface area (Å²) in [5.74, 6) is 2.51. The number of alkyl halides is 1. The second-order valence-electron chi connectivity index (χ2n) is 3.08. The molecule has 2 aromatic rings. The van der Waals surface area contributed by atoms with Gasteiger partial charge < -0.3 is 0 Å². The third-order valence-electron chi connectivity index (χ3n) is 1.87. The van der Waals surface area contributed by atoms with E-state index in [0.717, 1.165) is 21.5 Å². The number of halogens is 2. The maximum absolute atomic E-state index is 5.89. The van der Waals surface area contributed by atoms with E-state index >= 15 is 0 Å². The molecule has 2 rings (SSSR count). The van der Waals surface area contributed by atoms with Gasteiger partial charge in [0.25, 0.3) is 0 Å². The van der Waals surface area contributed by atoms with Gasteiger partial charge in [0.15, 0.2) is 5.82 Å². The summed E-state index contributed by atoms with van der Waals surface area (Å²) in [7, 11) is 0. The zero-order valence-electron chi connectivity index (χ0n) is 8.28. The summed E-state index contributed by atoms with van der Waals surface area (Å²) < 4.78 is 0. The Morgan fingerprint density at radius 1 is 1.38 bits per heavy atom. The number of nitrogens with zero attached hydrogens (tertiary/aromatic N) is 2. The predicted molar refractivity (Wildman–Crippen MR) is 67.0 cm³/mol.